The van der Waals surface area contributed by atoms with Crippen LogP contribution in [0.2, 0.25) is 5.02 Å². The molecule has 8 heteroatoms. The van der Waals surface area contributed by atoms with Crippen LogP contribution < -0.4 is 5.32 Å². The highest BCUT2D eigenvalue weighted by Crippen LogP contribution is 2.26. The molecule has 2 rings (SSSR count). The van der Waals surface area contributed by atoms with Crippen molar-refractivity contribution in [1.82, 2.24) is 14.5 Å². The Kier molecular flexibility index (Phi) is 6.62. The normalized spacial score (nSPS) is 15.8. The number of hydrogen-bond donors (Lipinski definition) is 1. The largest absolute Gasteiger partial charge is 0.339 e. The number of aryl methyl sites for hydroxylation is 1. The minimum atomic E-state index is -3.81. The van der Waals surface area contributed by atoms with Crippen LogP contribution in [0.15, 0.2) is 23.1 Å². The Bertz CT molecular complexity index is 688. The van der Waals surface area contributed by atoms with Crippen molar-refractivity contribution in [1.29, 1.82) is 0 Å². The molecule has 0 saturated carbocycles. The van der Waals surface area contributed by atoms with Crippen molar-refractivity contribution in [2.75, 3.05) is 39.8 Å². The number of benzene rings is 1. The summed E-state index contributed by atoms with van der Waals surface area (Å²) in [5.74, 6) is -0.191. The summed E-state index contributed by atoms with van der Waals surface area (Å²) < 4.78 is 26.6. The van der Waals surface area contributed by atoms with E-state index in [0.29, 0.717) is 13.1 Å². The zero-order valence-corrected chi connectivity index (χ0v) is 15.7. The maximum Gasteiger partial charge on any atom is 0.244 e. The number of rotatable bonds is 6. The average Bonchev–Trinajstić information content (AvgIpc) is 2.57. The van der Waals surface area contributed by atoms with E-state index in [0.717, 1.165) is 35.8 Å². The van der Waals surface area contributed by atoms with E-state index >= 15 is 0 Å². The number of piperazine rings is 1. The van der Waals surface area contributed by atoms with E-state index in [1.54, 1.807) is 17.0 Å². The van der Waals surface area contributed by atoms with Gasteiger partial charge in [0.25, 0.3) is 0 Å². The lowest BCUT2D eigenvalue weighted by atomic mass is 10.1. The van der Waals surface area contributed by atoms with Gasteiger partial charge in [0.15, 0.2) is 0 Å². The smallest absolute Gasteiger partial charge is 0.244 e. The van der Waals surface area contributed by atoms with E-state index in [4.69, 9.17) is 11.6 Å². The van der Waals surface area contributed by atoms with Gasteiger partial charge < -0.3 is 10.2 Å². The van der Waals surface area contributed by atoms with E-state index in [1.165, 1.54) is 7.05 Å². The fourth-order valence-corrected chi connectivity index (χ4v) is 4.29. The molecule has 1 aromatic rings. The van der Waals surface area contributed by atoms with Gasteiger partial charge >= 0.3 is 0 Å². The van der Waals surface area contributed by atoms with Crippen LogP contribution in [-0.4, -0.2) is 63.3 Å². The van der Waals surface area contributed by atoms with Crippen molar-refractivity contribution in [3.05, 3.63) is 28.8 Å². The van der Waals surface area contributed by atoms with Crippen molar-refractivity contribution < 1.29 is 13.2 Å². The van der Waals surface area contributed by atoms with Crippen molar-refractivity contribution in [3.8, 4) is 0 Å². The standard InChI is InChI=1S/C16H24ClN3O3S/c1-3-4-13-5-6-14(17)15(11-13)24(22,23)19(2)12-16(21)20-9-7-18-8-10-20/h5-6,11,18H,3-4,7-10,12H2,1-2H3. The lowest BCUT2D eigenvalue weighted by Gasteiger charge is -2.29. The minimum absolute atomic E-state index is 0.0609. The van der Waals surface area contributed by atoms with Gasteiger partial charge in [-0.3, -0.25) is 4.79 Å². The predicted octanol–water partition coefficient (Wildman–Crippen LogP) is 1.34. The Hall–Kier alpha value is -1.15. The molecule has 1 fully saturated rings. The molecule has 1 aliphatic rings. The molecule has 0 atom stereocenters. The maximum atomic E-state index is 12.8. The van der Waals surface area contributed by atoms with Crippen LogP contribution in [0.25, 0.3) is 0 Å². The minimum Gasteiger partial charge on any atom is -0.339 e. The van der Waals surface area contributed by atoms with Gasteiger partial charge in [-0.25, -0.2) is 8.42 Å². The van der Waals surface area contributed by atoms with Gasteiger partial charge in [0.05, 0.1) is 11.6 Å². The molecule has 1 heterocycles. The summed E-state index contributed by atoms with van der Waals surface area (Å²) in [6.07, 6.45) is 1.70. The zero-order chi connectivity index (χ0) is 17.7. The molecule has 1 N–H and O–H groups in total. The molecule has 1 aliphatic heterocycles. The van der Waals surface area contributed by atoms with Gasteiger partial charge in [-0.15, -0.1) is 0 Å². The quantitative estimate of drug-likeness (QED) is 0.817. The molecule has 1 saturated heterocycles. The monoisotopic (exact) mass is 373 g/mol. The number of carbonyl (C=O) groups is 1. The van der Waals surface area contributed by atoms with Gasteiger partial charge in [0, 0.05) is 33.2 Å². The number of nitrogens with zero attached hydrogens (tertiary/aromatic N) is 2. The Morgan fingerprint density at radius 2 is 2.00 bits per heavy atom. The molecule has 24 heavy (non-hydrogen) atoms. The first-order chi connectivity index (χ1) is 11.4. The molecule has 134 valence electrons. The summed E-state index contributed by atoms with van der Waals surface area (Å²) >= 11 is 6.10. The first-order valence-corrected chi connectivity index (χ1v) is 9.91. The molecular formula is C16H24ClN3O3S. The van der Waals surface area contributed by atoms with E-state index < -0.39 is 10.0 Å². The Labute approximate surface area is 148 Å². The van der Waals surface area contributed by atoms with Crippen LogP contribution >= 0.6 is 11.6 Å². The number of nitrogens with one attached hydrogen (secondary N) is 1. The molecule has 1 amide bonds. The van der Waals surface area contributed by atoms with Crippen LogP contribution in [0, 0.1) is 0 Å². The highest BCUT2D eigenvalue weighted by molar-refractivity contribution is 7.89. The van der Waals surface area contributed by atoms with Crippen molar-refractivity contribution >= 4 is 27.5 Å². The highest BCUT2D eigenvalue weighted by atomic mass is 35.5. The number of carbonyl (C=O) groups excluding carboxylic acids is 1. The van der Waals surface area contributed by atoms with Gasteiger partial charge in [-0.1, -0.05) is 31.0 Å². The second-order valence-corrected chi connectivity index (χ2v) is 8.33. The summed E-state index contributed by atoms with van der Waals surface area (Å²) in [5, 5.41) is 3.34. The summed E-state index contributed by atoms with van der Waals surface area (Å²) in [5.41, 5.74) is 0.919. The number of halogens is 1. The fraction of sp³-hybridized carbons (Fsp3) is 0.562. The van der Waals surface area contributed by atoms with Crippen LogP contribution in [0.4, 0.5) is 0 Å². The molecule has 1 aromatic carbocycles. The first kappa shape index (κ1) is 19.2. The van der Waals surface area contributed by atoms with Crippen LogP contribution in [0.1, 0.15) is 18.9 Å². The van der Waals surface area contributed by atoms with E-state index in [1.807, 2.05) is 13.0 Å². The van der Waals surface area contributed by atoms with Gasteiger partial charge in [0.2, 0.25) is 15.9 Å². The second kappa shape index (κ2) is 8.29. The van der Waals surface area contributed by atoms with Gasteiger partial charge in [-0.05, 0) is 24.1 Å². The summed E-state index contributed by atoms with van der Waals surface area (Å²) in [6.45, 7) is 4.50. The van der Waals surface area contributed by atoms with Gasteiger partial charge in [0.1, 0.15) is 4.90 Å². The van der Waals surface area contributed by atoms with Gasteiger partial charge in [-0.2, -0.15) is 4.31 Å². The third kappa shape index (κ3) is 4.47. The second-order valence-electron chi connectivity index (χ2n) is 5.91. The third-order valence-electron chi connectivity index (χ3n) is 4.05. The Balaban J connectivity index is 2.16. The van der Waals surface area contributed by atoms with E-state index in [2.05, 4.69) is 5.32 Å². The highest BCUT2D eigenvalue weighted by Gasteiger charge is 2.27. The van der Waals surface area contributed by atoms with Crippen molar-refractivity contribution in [2.24, 2.45) is 0 Å². The maximum absolute atomic E-state index is 12.8. The lowest BCUT2D eigenvalue weighted by Crippen LogP contribution is -2.49. The fourth-order valence-electron chi connectivity index (χ4n) is 2.65. The Morgan fingerprint density at radius 3 is 2.62 bits per heavy atom. The topological polar surface area (TPSA) is 69.7 Å². The van der Waals surface area contributed by atoms with Crippen LogP contribution in [-0.2, 0) is 21.2 Å². The lowest BCUT2D eigenvalue weighted by molar-refractivity contribution is -0.131. The van der Waals surface area contributed by atoms with Crippen LogP contribution in [0.3, 0.4) is 0 Å². The van der Waals surface area contributed by atoms with Crippen molar-refractivity contribution in [2.45, 2.75) is 24.7 Å². The van der Waals surface area contributed by atoms with Crippen molar-refractivity contribution in [3.63, 3.8) is 0 Å². The Morgan fingerprint density at radius 1 is 1.33 bits per heavy atom. The van der Waals surface area contributed by atoms with E-state index in [-0.39, 0.29) is 22.4 Å². The molecule has 6 nitrogen and oxygen atoms in total. The summed E-state index contributed by atoms with van der Waals surface area (Å²) in [6, 6.07) is 5.04. The average molecular weight is 374 g/mol. The number of sulfonamides is 1. The summed E-state index contributed by atoms with van der Waals surface area (Å²) in [4.78, 5) is 14.0. The third-order valence-corrected chi connectivity index (χ3v) is 6.34. The molecule has 0 unspecified atom stereocenters. The predicted molar refractivity (Wildman–Crippen MR) is 94.7 cm³/mol. The molecule has 0 aliphatic carbocycles. The number of hydrogen-bond acceptors (Lipinski definition) is 4. The number of amides is 1. The summed E-state index contributed by atoms with van der Waals surface area (Å²) in [7, 11) is -2.39. The molecule has 0 bridgehead atoms. The number of likely N-dealkylation sites (N-methyl/N-ethyl adjacent to an activating group) is 1. The molecule has 0 spiro atoms. The van der Waals surface area contributed by atoms with Crippen LogP contribution in [0.5, 0.6) is 0 Å². The zero-order valence-electron chi connectivity index (χ0n) is 14.1. The molecule has 0 aromatic heterocycles. The molecular weight excluding hydrogens is 350 g/mol. The molecule has 0 radical (unpaired) electrons. The van der Waals surface area contributed by atoms with E-state index in [9.17, 15) is 13.2 Å². The SMILES string of the molecule is CCCc1ccc(Cl)c(S(=O)(=O)N(C)CC(=O)N2CCNCC2)c1. The first-order valence-electron chi connectivity index (χ1n) is 8.09.